The second kappa shape index (κ2) is 7.53. The van der Waals surface area contributed by atoms with Crippen LogP contribution in [-0.4, -0.2) is 22.3 Å². The molecule has 0 spiro atoms. The van der Waals surface area contributed by atoms with Gasteiger partial charge in [-0.05, 0) is 57.1 Å². The third-order valence-electron chi connectivity index (χ3n) is 6.20. The van der Waals surface area contributed by atoms with Crippen LogP contribution < -0.4 is 5.32 Å². The number of carbonyl (C=O) groups is 2. The molecule has 1 fully saturated rings. The van der Waals surface area contributed by atoms with E-state index in [1.807, 2.05) is 24.5 Å². The number of fused-ring (bicyclic) bond motifs is 1. The zero-order valence-corrected chi connectivity index (χ0v) is 16.6. The molecule has 0 radical (unpaired) electrons. The Hall–Kier alpha value is -2.43. The van der Waals surface area contributed by atoms with Gasteiger partial charge in [0.05, 0.1) is 13.0 Å². The van der Waals surface area contributed by atoms with E-state index in [2.05, 4.69) is 5.32 Å². The largest absolute Gasteiger partial charge is 0.353 e. The van der Waals surface area contributed by atoms with Crippen molar-refractivity contribution in [2.45, 2.75) is 65.0 Å². The standard InChI is InChI=1S/C23H27FN2O2/c1-14(16-10-11-16)25-22(28)12-18-15(2)26(13-17-6-3-4-7-19(17)24)20-8-5-9-21(27)23(18)20/h3-4,6-7,14,16H,5,8-13H2,1-2H3,(H,25,28)/t14-/m0/s1. The van der Waals surface area contributed by atoms with Crippen molar-refractivity contribution in [1.29, 1.82) is 0 Å². The highest BCUT2D eigenvalue weighted by atomic mass is 19.1. The third-order valence-corrected chi connectivity index (χ3v) is 6.20. The molecule has 5 heteroatoms. The van der Waals surface area contributed by atoms with E-state index >= 15 is 0 Å². The zero-order valence-electron chi connectivity index (χ0n) is 16.6. The Balaban J connectivity index is 1.66. The van der Waals surface area contributed by atoms with E-state index in [1.165, 1.54) is 18.9 Å². The summed E-state index contributed by atoms with van der Waals surface area (Å²) in [6, 6.07) is 6.91. The van der Waals surface area contributed by atoms with Gasteiger partial charge >= 0.3 is 0 Å². The van der Waals surface area contributed by atoms with Crippen molar-refractivity contribution < 1.29 is 14.0 Å². The number of nitrogens with one attached hydrogen (secondary N) is 1. The fourth-order valence-electron chi connectivity index (χ4n) is 4.39. The van der Waals surface area contributed by atoms with Gasteiger partial charge < -0.3 is 9.88 Å². The van der Waals surface area contributed by atoms with Crippen molar-refractivity contribution in [2.75, 3.05) is 0 Å². The molecule has 4 nitrogen and oxygen atoms in total. The molecule has 1 heterocycles. The first-order chi connectivity index (χ1) is 13.5. The third kappa shape index (κ3) is 3.62. The molecule has 0 unspecified atom stereocenters. The summed E-state index contributed by atoms with van der Waals surface area (Å²) in [5.41, 5.74) is 3.97. The summed E-state index contributed by atoms with van der Waals surface area (Å²) in [5.74, 6) is 0.414. The molecular weight excluding hydrogens is 355 g/mol. The van der Waals surface area contributed by atoms with Gasteiger partial charge in [-0.3, -0.25) is 9.59 Å². The Bertz CT molecular complexity index is 927. The second-order valence-corrected chi connectivity index (χ2v) is 8.21. The van der Waals surface area contributed by atoms with Crippen LogP contribution >= 0.6 is 0 Å². The van der Waals surface area contributed by atoms with Crippen LogP contribution in [0.15, 0.2) is 24.3 Å². The Kier molecular flexibility index (Phi) is 5.09. The maximum atomic E-state index is 14.2. The van der Waals surface area contributed by atoms with E-state index in [9.17, 15) is 14.0 Å². The first-order valence-electron chi connectivity index (χ1n) is 10.2. The van der Waals surface area contributed by atoms with Crippen LogP contribution in [0.5, 0.6) is 0 Å². The highest BCUT2D eigenvalue weighted by Crippen LogP contribution is 2.33. The predicted molar refractivity (Wildman–Crippen MR) is 106 cm³/mol. The summed E-state index contributed by atoms with van der Waals surface area (Å²) in [6.45, 7) is 4.37. The maximum Gasteiger partial charge on any atom is 0.224 e. The molecule has 2 aromatic rings. The van der Waals surface area contributed by atoms with E-state index in [0.717, 1.165) is 29.8 Å². The summed E-state index contributed by atoms with van der Waals surface area (Å²) in [7, 11) is 0. The lowest BCUT2D eigenvalue weighted by molar-refractivity contribution is -0.121. The van der Waals surface area contributed by atoms with Crippen molar-refractivity contribution >= 4 is 11.7 Å². The molecule has 1 N–H and O–H groups in total. The maximum absolute atomic E-state index is 14.2. The number of Topliss-reactive ketones (excluding diaryl/α,β-unsaturated/α-hetero) is 1. The minimum atomic E-state index is -0.246. The number of benzene rings is 1. The Morgan fingerprint density at radius 3 is 2.75 bits per heavy atom. The Morgan fingerprint density at radius 1 is 1.29 bits per heavy atom. The molecule has 0 saturated heterocycles. The van der Waals surface area contributed by atoms with Gasteiger partial charge in [0.15, 0.2) is 5.78 Å². The van der Waals surface area contributed by atoms with Gasteiger partial charge in [-0.2, -0.15) is 0 Å². The lowest BCUT2D eigenvalue weighted by Crippen LogP contribution is -2.35. The number of rotatable bonds is 6. The van der Waals surface area contributed by atoms with E-state index in [-0.39, 0.29) is 30.0 Å². The van der Waals surface area contributed by atoms with Crippen molar-refractivity contribution in [3.63, 3.8) is 0 Å². The van der Waals surface area contributed by atoms with Gasteiger partial charge in [-0.15, -0.1) is 0 Å². The van der Waals surface area contributed by atoms with Crippen LogP contribution in [0, 0.1) is 18.7 Å². The Morgan fingerprint density at radius 2 is 2.04 bits per heavy atom. The number of hydrogen-bond acceptors (Lipinski definition) is 2. The molecular formula is C23H27FN2O2. The molecule has 2 aliphatic rings. The van der Waals surface area contributed by atoms with Crippen molar-refractivity contribution in [2.24, 2.45) is 5.92 Å². The number of hydrogen-bond donors (Lipinski definition) is 1. The van der Waals surface area contributed by atoms with Crippen LogP contribution in [0.3, 0.4) is 0 Å². The highest BCUT2D eigenvalue weighted by molar-refractivity contribution is 6.01. The number of carbonyl (C=O) groups excluding carboxylic acids is 2. The van der Waals surface area contributed by atoms with Gasteiger partial charge in [0.1, 0.15) is 5.82 Å². The van der Waals surface area contributed by atoms with Gasteiger partial charge in [0, 0.05) is 35.0 Å². The summed E-state index contributed by atoms with van der Waals surface area (Å²) < 4.78 is 16.3. The van der Waals surface area contributed by atoms with Gasteiger partial charge in [-0.1, -0.05) is 18.2 Å². The zero-order chi connectivity index (χ0) is 19.8. The molecule has 1 aromatic carbocycles. The molecule has 0 bridgehead atoms. The quantitative estimate of drug-likeness (QED) is 0.822. The van der Waals surface area contributed by atoms with Crippen LogP contribution in [0.4, 0.5) is 4.39 Å². The number of aromatic nitrogens is 1. The molecule has 28 heavy (non-hydrogen) atoms. The molecule has 1 atom stereocenters. The molecule has 1 saturated carbocycles. The van der Waals surface area contributed by atoms with E-state index in [4.69, 9.17) is 0 Å². The lowest BCUT2D eigenvalue weighted by Gasteiger charge is -2.16. The fraction of sp³-hybridized carbons (Fsp3) is 0.478. The topological polar surface area (TPSA) is 51.1 Å². The highest BCUT2D eigenvalue weighted by Gasteiger charge is 2.31. The van der Waals surface area contributed by atoms with Crippen LogP contribution in [0.2, 0.25) is 0 Å². The number of amides is 1. The minimum absolute atomic E-state index is 0.0354. The summed E-state index contributed by atoms with van der Waals surface area (Å²) in [4.78, 5) is 25.3. The van der Waals surface area contributed by atoms with Gasteiger partial charge in [0.2, 0.25) is 5.91 Å². The molecule has 1 aromatic heterocycles. The van der Waals surface area contributed by atoms with Gasteiger partial charge in [-0.25, -0.2) is 4.39 Å². The van der Waals surface area contributed by atoms with Crippen molar-refractivity contribution in [3.8, 4) is 0 Å². The van der Waals surface area contributed by atoms with E-state index in [1.54, 1.807) is 12.1 Å². The molecule has 1 amide bonds. The average Bonchev–Trinajstić information content (AvgIpc) is 3.47. The number of halogens is 1. The normalized spacial score (nSPS) is 17.3. The second-order valence-electron chi connectivity index (χ2n) is 8.21. The predicted octanol–water partition coefficient (Wildman–Crippen LogP) is 3.96. The molecule has 0 aliphatic heterocycles. The summed E-state index contributed by atoms with van der Waals surface area (Å²) in [6.07, 6.45) is 4.67. The smallest absolute Gasteiger partial charge is 0.224 e. The van der Waals surface area contributed by atoms with Crippen LogP contribution in [0.1, 0.15) is 65.5 Å². The van der Waals surface area contributed by atoms with Crippen LogP contribution in [-0.2, 0) is 24.2 Å². The first kappa shape index (κ1) is 18.9. The monoisotopic (exact) mass is 382 g/mol. The van der Waals surface area contributed by atoms with Crippen LogP contribution in [0.25, 0.3) is 0 Å². The first-order valence-corrected chi connectivity index (χ1v) is 10.2. The molecule has 4 rings (SSSR count). The lowest BCUT2D eigenvalue weighted by atomic mass is 9.92. The molecule has 148 valence electrons. The average molecular weight is 382 g/mol. The van der Waals surface area contributed by atoms with E-state index < -0.39 is 0 Å². The summed E-state index contributed by atoms with van der Waals surface area (Å²) in [5, 5.41) is 3.09. The fourth-order valence-corrected chi connectivity index (χ4v) is 4.39. The van der Waals surface area contributed by atoms with Crippen molar-refractivity contribution in [1.82, 2.24) is 9.88 Å². The minimum Gasteiger partial charge on any atom is -0.353 e. The van der Waals surface area contributed by atoms with Gasteiger partial charge in [0.25, 0.3) is 0 Å². The SMILES string of the molecule is Cc1c(CC(=O)N[C@@H](C)C2CC2)c2c(n1Cc1ccccc1F)CCCC2=O. The van der Waals surface area contributed by atoms with E-state index in [0.29, 0.717) is 30.0 Å². The molecule has 2 aliphatic carbocycles. The number of nitrogens with zero attached hydrogens (tertiary/aromatic N) is 1. The summed E-state index contributed by atoms with van der Waals surface area (Å²) >= 11 is 0. The van der Waals surface area contributed by atoms with Crippen molar-refractivity contribution in [3.05, 3.63) is 58.2 Å². The Labute approximate surface area is 165 Å². The number of ketones is 1.